The van der Waals surface area contributed by atoms with Crippen molar-refractivity contribution in [1.82, 2.24) is 15.1 Å². The molecule has 1 saturated heterocycles. The highest BCUT2D eigenvalue weighted by atomic mass is 16.2. The van der Waals surface area contributed by atoms with Crippen LogP contribution in [0.4, 0.5) is 5.69 Å². The van der Waals surface area contributed by atoms with E-state index in [0.29, 0.717) is 12.5 Å². The highest BCUT2D eigenvalue weighted by Gasteiger charge is 2.22. The number of anilines is 1. The second kappa shape index (κ2) is 8.14. The zero-order valence-electron chi connectivity index (χ0n) is 15.0. The standard InChI is InChI=1S/C19H25N5O2/c1-23-17(25)11-16(13-22-23)24-9-7-14(8-10-24)12-21-19(26)18(20)15-5-3-2-4-6-15/h2-6,11,13-14,18H,7-10,12,20H2,1H3,(H,21,26)/t18-/m0/s1. The molecule has 138 valence electrons. The van der Waals surface area contributed by atoms with Crippen molar-refractivity contribution in [2.75, 3.05) is 24.5 Å². The van der Waals surface area contributed by atoms with Crippen LogP contribution < -0.4 is 21.5 Å². The van der Waals surface area contributed by atoms with E-state index in [1.807, 2.05) is 30.3 Å². The fourth-order valence-corrected chi connectivity index (χ4v) is 3.19. The molecule has 1 fully saturated rings. The molecule has 1 aliphatic rings. The summed E-state index contributed by atoms with van der Waals surface area (Å²) < 4.78 is 1.32. The topological polar surface area (TPSA) is 93.2 Å². The molecule has 2 aromatic rings. The van der Waals surface area contributed by atoms with Gasteiger partial charge in [-0.25, -0.2) is 4.68 Å². The van der Waals surface area contributed by atoms with Crippen LogP contribution in [0.25, 0.3) is 0 Å². The van der Waals surface area contributed by atoms with E-state index in [1.54, 1.807) is 19.3 Å². The van der Waals surface area contributed by atoms with E-state index < -0.39 is 6.04 Å². The largest absolute Gasteiger partial charge is 0.370 e. The van der Waals surface area contributed by atoms with Gasteiger partial charge in [0.2, 0.25) is 5.91 Å². The summed E-state index contributed by atoms with van der Waals surface area (Å²) in [5.74, 6) is 0.270. The molecule has 0 unspecified atom stereocenters. The van der Waals surface area contributed by atoms with Gasteiger partial charge in [0, 0.05) is 32.7 Å². The van der Waals surface area contributed by atoms with Crippen molar-refractivity contribution in [3.63, 3.8) is 0 Å². The summed E-state index contributed by atoms with van der Waals surface area (Å²) in [6.45, 7) is 2.32. The first-order chi connectivity index (χ1) is 12.5. The maximum Gasteiger partial charge on any atom is 0.268 e. The second-order valence-electron chi connectivity index (χ2n) is 6.74. The molecule has 0 saturated carbocycles. The summed E-state index contributed by atoms with van der Waals surface area (Å²) in [5, 5.41) is 7.05. The van der Waals surface area contributed by atoms with Crippen LogP contribution in [0, 0.1) is 5.92 Å². The van der Waals surface area contributed by atoms with Crippen LogP contribution in [0.15, 0.2) is 47.4 Å². The Morgan fingerprint density at radius 3 is 2.65 bits per heavy atom. The van der Waals surface area contributed by atoms with Gasteiger partial charge in [-0.2, -0.15) is 5.10 Å². The van der Waals surface area contributed by atoms with E-state index in [0.717, 1.165) is 37.2 Å². The highest BCUT2D eigenvalue weighted by molar-refractivity contribution is 5.82. The van der Waals surface area contributed by atoms with E-state index in [-0.39, 0.29) is 11.5 Å². The summed E-state index contributed by atoms with van der Waals surface area (Å²) in [7, 11) is 1.64. The third-order valence-electron chi connectivity index (χ3n) is 4.94. The van der Waals surface area contributed by atoms with Crippen LogP contribution in [0.1, 0.15) is 24.4 Å². The number of piperidine rings is 1. The maximum absolute atomic E-state index is 12.2. The number of nitrogens with zero attached hydrogens (tertiary/aromatic N) is 3. The van der Waals surface area contributed by atoms with Crippen LogP contribution >= 0.6 is 0 Å². The van der Waals surface area contributed by atoms with E-state index in [9.17, 15) is 9.59 Å². The Morgan fingerprint density at radius 1 is 1.31 bits per heavy atom. The van der Waals surface area contributed by atoms with Crippen molar-refractivity contribution in [3.05, 3.63) is 58.5 Å². The minimum absolute atomic E-state index is 0.105. The van der Waals surface area contributed by atoms with Crippen molar-refractivity contribution in [1.29, 1.82) is 0 Å². The number of aryl methyl sites for hydroxylation is 1. The zero-order chi connectivity index (χ0) is 18.5. The normalized spacial score (nSPS) is 16.3. The smallest absolute Gasteiger partial charge is 0.268 e. The van der Waals surface area contributed by atoms with Crippen molar-refractivity contribution < 1.29 is 4.79 Å². The number of rotatable bonds is 5. The average Bonchev–Trinajstić information content (AvgIpc) is 2.68. The van der Waals surface area contributed by atoms with Gasteiger partial charge in [-0.3, -0.25) is 9.59 Å². The number of hydrogen-bond donors (Lipinski definition) is 2. The number of benzene rings is 1. The van der Waals surface area contributed by atoms with Gasteiger partial charge in [-0.05, 0) is 24.3 Å². The fraction of sp³-hybridized carbons (Fsp3) is 0.421. The molecule has 7 nitrogen and oxygen atoms in total. The Morgan fingerprint density at radius 2 is 2.00 bits per heavy atom. The van der Waals surface area contributed by atoms with Crippen LogP contribution in [-0.4, -0.2) is 35.3 Å². The maximum atomic E-state index is 12.2. The van der Waals surface area contributed by atoms with Crippen molar-refractivity contribution in [3.8, 4) is 0 Å². The molecule has 26 heavy (non-hydrogen) atoms. The number of hydrogen-bond acceptors (Lipinski definition) is 5. The number of nitrogens with one attached hydrogen (secondary N) is 1. The molecule has 1 aliphatic heterocycles. The van der Waals surface area contributed by atoms with Gasteiger partial charge in [-0.15, -0.1) is 0 Å². The predicted octanol–water partition coefficient (Wildman–Crippen LogP) is 0.813. The van der Waals surface area contributed by atoms with E-state index in [4.69, 9.17) is 5.73 Å². The Hall–Kier alpha value is -2.67. The average molecular weight is 355 g/mol. The molecular weight excluding hydrogens is 330 g/mol. The van der Waals surface area contributed by atoms with Crippen molar-refractivity contribution >= 4 is 11.6 Å². The molecule has 0 aliphatic carbocycles. The van der Waals surface area contributed by atoms with Crippen LogP contribution in [0.3, 0.4) is 0 Å². The zero-order valence-corrected chi connectivity index (χ0v) is 15.0. The first-order valence-corrected chi connectivity index (χ1v) is 8.91. The van der Waals surface area contributed by atoms with Gasteiger partial charge in [-0.1, -0.05) is 30.3 Å². The van der Waals surface area contributed by atoms with Crippen molar-refractivity contribution in [2.24, 2.45) is 18.7 Å². The van der Waals surface area contributed by atoms with Gasteiger partial charge >= 0.3 is 0 Å². The quantitative estimate of drug-likeness (QED) is 0.828. The lowest BCUT2D eigenvalue weighted by atomic mass is 9.96. The molecule has 0 spiro atoms. The summed E-state index contributed by atoms with van der Waals surface area (Å²) in [6.07, 6.45) is 3.63. The summed E-state index contributed by atoms with van der Waals surface area (Å²) in [6, 6.07) is 10.4. The number of aromatic nitrogens is 2. The van der Waals surface area contributed by atoms with Crippen molar-refractivity contribution in [2.45, 2.75) is 18.9 Å². The van der Waals surface area contributed by atoms with E-state index in [2.05, 4.69) is 15.3 Å². The van der Waals surface area contributed by atoms with Gasteiger partial charge in [0.15, 0.2) is 0 Å². The number of carbonyl (C=O) groups is 1. The third-order valence-corrected chi connectivity index (χ3v) is 4.94. The minimum Gasteiger partial charge on any atom is -0.370 e. The Kier molecular flexibility index (Phi) is 5.68. The molecule has 1 atom stereocenters. The van der Waals surface area contributed by atoms with Crippen LogP contribution in [-0.2, 0) is 11.8 Å². The summed E-state index contributed by atoms with van der Waals surface area (Å²) >= 11 is 0. The first kappa shape index (κ1) is 18.1. The highest BCUT2D eigenvalue weighted by Crippen LogP contribution is 2.21. The third kappa shape index (κ3) is 4.29. The Labute approximate surface area is 152 Å². The van der Waals surface area contributed by atoms with Crippen LogP contribution in [0.5, 0.6) is 0 Å². The molecule has 1 amide bonds. The molecule has 3 rings (SSSR count). The minimum atomic E-state index is -0.636. The van der Waals surface area contributed by atoms with Crippen LogP contribution in [0.2, 0.25) is 0 Å². The SMILES string of the molecule is Cn1ncc(N2CCC(CNC(=O)[C@@H](N)c3ccccc3)CC2)cc1=O. The number of nitrogens with two attached hydrogens (primary N) is 1. The van der Waals surface area contributed by atoms with Gasteiger partial charge < -0.3 is 16.0 Å². The van der Waals surface area contributed by atoms with E-state index >= 15 is 0 Å². The summed E-state index contributed by atoms with van der Waals surface area (Å²) in [4.78, 5) is 26.1. The Balaban J connectivity index is 1.47. The summed E-state index contributed by atoms with van der Waals surface area (Å²) in [5.41, 5.74) is 7.60. The lowest BCUT2D eigenvalue weighted by Crippen LogP contribution is -2.41. The molecule has 1 aromatic carbocycles. The molecule has 0 bridgehead atoms. The monoisotopic (exact) mass is 355 g/mol. The van der Waals surface area contributed by atoms with Gasteiger partial charge in [0.1, 0.15) is 6.04 Å². The van der Waals surface area contributed by atoms with Gasteiger partial charge in [0.05, 0.1) is 11.9 Å². The lowest BCUT2D eigenvalue weighted by molar-refractivity contribution is -0.122. The number of amides is 1. The van der Waals surface area contributed by atoms with Gasteiger partial charge in [0.25, 0.3) is 5.56 Å². The Bertz CT molecular complexity index is 797. The molecule has 1 aromatic heterocycles. The fourth-order valence-electron chi connectivity index (χ4n) is 3.19. The molecule has 0 radical (unpaired) electrons. The first-order valence-electron chi connectivity index (χ1n) is 8.91. The number of carbonyl (C=O) groups excluding carboxylic acids is 1. The molecule has 7 heteroatoms. The van der Waals surface area contributed by atoms with E-state index in [1.165, 1.54) is 4.68 Å². The lowest BCUT2D eigenvalue weighted by Gasteiger charge is -2.33. The molecular formula is C19H25N5O2. The molecule has 2 heterocycles. The second-order valence-corrected chi connectivity index (χ2v) is 6.74. The predicted molar refractivity (Wildman–Crippen MR) is 101 cm³/mol. The molecule has 3 N–H and O–H groups in total.